The summed E-state index contributed by atoms with van der Waals surface area (Å²) in [6.07, 6.45) is 11.6. The smallest absolute Gasteiger partial charge is 0.218 e. The Bertz CT molecular complexity index is 437. The standard InChI is InChI=1S/C16H25N3O/c1-20-15-11-14(17-13-9-5-6-10-13)18-16(19-15)12-7-3-2-4-8-12/h11-13H,2-10H2,1H3,(H,17,18,19). The van der Waals surface area contributed by atoms with Gasteiger partial charge in [0.2, 0.25) is 5.88 Å². The molecule has 1 aromatic heterocycles. The van der Waals surface area contributed by atoms with Crippen LogP contribution in [0.3, 0.4) is 0 Å². The van der Waals surface area contributed by atoms with E-state index in [0.717, 1.165) is 11.6 Å². The molecule has 1 aromatic rings. The minimum Gasteiger partial charge on any atom is -0.481 e. The van der Waals surface area contributed by atoms with E-state index in [1.54, 1.807) is 7.11 Å². The zero-order valence-electron chi connectivity index (χ0n) is 12.4. The van der Waals surface area contributed by atoms with E-state index in [4.69, 9.17) is 9.72 Å². The summed E-state index contributed by atoms with van der Waals surface area (Å²) in [5.41, 5.74) is 0. The van der Waals surface area contributed by atoms with Gasteiger partial charge in [0.1, 0.15) is 11.6 Å². The molecule has 0 aliphatic heterocycles. The third kappa shape index (κ3) is 3.22. The third-order valence-electron chi connectivity index (χ3n) is 4.61. The van der Waals surface area contributed by atoms with Crippen LogP contribution in [0.5, 0.6) is 5.88 Å². The van der Waals surface area contributed by atoms with Gasteiger partial charge < -0.3 is 10.1 Å². The molecule has 0 saturated heterocycles. The molecule has 110 valence electrons. The summed E-state index contributed by atoms with van der Waals surface area (Å²) in [6, 6.07) is 2.51. The number of nitrogens with one attached hydrogen (secondary N) is 1. The van der Waals surface area contributed by atoms with Crippen molar-refractivity contribution in [3.8, 4) is 5.88 Å². The lowest BCUT2D eigenvalue weighted by molar-refractivity contribution is 0.383. The van der Waals surface area contributed by atoms with Gasteiger partial charge in [-0.25, -0.2) is 4.98 Å². The summed E-state index contributed by atoms with van der Waals surface area (Å²) in [6.45, 7) is 0. The average Bonchev–Trinajstić information content (AvgIpc) is 3.00. The predicted octanol–water partition coefficient (Wildman–Crippen LogP) is 3.89. The number of methoxy groups -OCH3 is 1. The Balaban J connectivity index is 1.77. The van der Waals surface area contributed by atoms with E-state index in [-0.39, 0.29) is 0 Å². The molecule has 0 atom stereocenters. The molecule has 2 saturated carbocycles. The van der Waals surface area contributed by atoms with Crippen molar-refractivity contribution in [1.29, 1.82) is 0 Å². The van der Waals surface area contributed by atoms with Gasteiger partial charge in [-0.15, -0.1) is 0 Å². The second kappa shape index (κ2) is 6.42. The molecule has 0 unspecified atom stereocenters. The van der Waals surface area contributed by atoms with Crippen molar-refractivity contribution in [3.63, 3.8) is 0 Å². The Kier molecular flexibility index (Phi) is 4.38. The van der Waals surface area contributed by atoms with Gasteiger partial charge in [-0.2, -0.15) is 4.98 Å². The van der Waals surface area contributed by atoms with E-state index in [9.17, 15) is 0 Å². The maximum Gasteiger partial charge on any atom is 0.218 e. The summed E-state index contributed by atoms with van der Waals surface area (Å²) in [5.74, 6) is 3.14. The highest BCUT2D eigenvalue weighted by molar-refractivity contribution is 5.40. The van der Waals surface area contributed by atoms with E-state index < -0.39 is 0 Å². The van der Waals surface area contributed by atoms with Gasteiger partial charge >= 0.3 is 0 Å². The van der Waals surface area contributed by atoms with Gasteiger partial charge in [-0.05, 0) is 25.7 Å². The first-order valence-corrected chi connectivity index (χ1v) is 8.04. The molecule has 4 nitrogen and oxygen atoms in total. The van der Waals surface area contributed by atoms with Gasteiger partial charge in [0, 0.05) is 18.0 Å². The minimum absolute atomic E-state index is 0.517. The van der Waals surface area contributed by atoms with Crippen LogP contribution < -0.4 is 10.1 Å². The van der Waals surface area contributed by atoms with Gasteiger partial charge in [0.05, 0.1) is 7.11 Å². The number of hydrogen-bond acceptors (Lipinski definition) is 4. The molecule has 2 aliphatic carbocycles. The zero-order valence-corrected chi connectivity index (χ0v) is 12.4. The molecule has 4 heteroatoms. The van der Waals surface area contributed by atoms with Crippen molar-refractivity contribution >= 4 is 5.82 Å². The largest absolute Gasteiger partial charge is 0.481 e. The first-order valence-electron chi connectivity index (χ1n) is 8.04. The lowest BCUT2D eigenvalue weighted by Crippen LogP contribution is -2.17. The van der Waals surface area contributed by atoms with Crippen molar-refractivity contribution in [2.24, 2.45) is 0 Å². The number of hydrogen-bond donors (Lipinski definition) is 1. The van der Waals surface area contributed by atoms with Crippen LogP contribution in [0.15, 0.2) is 6.07 Å². The fraction of sp³-hybridized carbons (Fsp3) is 0.750. The minimum atomic E-state index is 0.517. The number of rotatable bonds is 4. The van der Waals surface area contributed by atoms with Crippen LogP contribution in [-0.4, -0.2) is 23.1 Å². The molecule has 2 fully saturated rings. The molecule has 1 heterocycles. The van der Waals surface area contributed by atoms with Crippen LogP contribution in [0.4, 0.5) is 5.82 Å². The number of aromatic nitrogens is 2. The van der Waals surface area contributed by atoms with Crippen LogP contribution in [-0.2, 0) is 0 Å². The van der Waals surface area contributed by atoms with E-state index in [1.165, 1.54) is 57.8 Å². The molecule has 0 amide bonds. The molecule has 0 spiro atoms. The Morgan fingerprint density at radius 2 is 1.70 bits per heavy atom. The van der Waals surface area contributed by atoms with Crippen molar-refractivity contribution in [2.45, 2.75) is 69.7 Å². The molecule has 0 aromatic carbocycles. The normalized spacial score (nSPS) is 21.1. The summed E-state index contributed by atoms with van der Waals surface area (Å²) in [5, 5.41) is 3.56. The molecular formula is C16H25N3O. The van der Waals surface area contributed by atoms with E-state index in [1.807, 2.05) is 6.07 Å². The molecule has 0 bridgehead atoms. The lowest BCUT2D eigenvalue weighted by atomic mass is 9.89. The topological polar surface area (TPSA) is 47.0 Å². The van der Waals surface area contributed by atoms with Crippen LogP contribution in [0, 0.1) is 0 Å². The Morgan fingerprint density at radius 1 is 1.00 bits per heavy atom. The fourth-order valence-corrected chi connectivity index (χ4v) is 3.44. The number of anilines is 1. The summed E-state index contributed by atoms with van der Waals surface area (Å²) < 4.78 is 5.36. The van der Waals surface area contributed by atoms with Crippen LogP contribution >= 0.6 is 0 Å². The molecule has 20 heavy (non-hydrogen) atoms. The van der Waals surface area contributed by atoms with Gasteiger partial charge in [0.25, 0.3) is 0 Å². The molecule has 1 N–H and O–H groups in total. The zero-order chi connectivity index (χ0) is 13.8. The van der Waals surface area contributed by atoms with Crippen molar-refractivity contribution < 1.29 is 4.74 Å². The third-order valence-corrected chi connectivity index (χ3v) is 4.61. The Labute approximate surface area is 121 Å². The van der Waals surface area contributed by atoms with Gasteiger partial charge in [0.15, 0.2) is 0 Å². The van der Waals surface area contributed by atoms with Crippen LogP contribution in [0.25, 0.3) is 0 Å². The highest BCUT2D eigenvalue weighted by Crippen LogP contribution is 2.32. The van der Waals surface area contributed by atoms with Crippen molar-refractivity contribution in [1.82, 2.24) is 9.97 Å². The predicted molar refractivity (Wildman–Crippen MR) is 80.3 cm³/mol. The summed E-state index contributed by atoms with van der Waals surface area (Å²) in [4.78, 5) is 9.34. The van der Waals surface area contributed by atoms with Gasteiger partial charge in [-0.3, -0.25) is 0 Å². The van der Waals surface area contributed by atoms with Gasteiger partial charge in [-0.1, -0.05) is 32.1 Å². The second-order valence-electron chi connectivity index (χ2n) is 6.11. The number of nitrogens with zero attached hydrogens (tertiary/aromatic N) is 2. The molecular weight excluding hydrogens is 250 g/mol. The fourth-order valence-electron chi connectivity index (χ4n) is 3.44. The molecule has 3 rings (SSSR count). The number of ether oxygens (including phenoxy) is 1. The maximum absolute atomic E-state index is 5.36. The van der Waals surface area contributed by atoms with Crippen LogP contribution in [0.1, 0.15) is 69.5 Å². The quantitative estimate of drug-likeness (QED) is 0.905. The molecule has 0 radical (unpaired) electrons. The highest BCUT2D eigenvalue weighted by Gasteiger charge is 2.21. The first kappa shape index (κ1) is 13.7. The van der Waals surface area contributed by atoms with Crippen molar-refractivity contribution in [3.05, 3.63) is 11.9 Å². The average molecular weight is 275 g/mol. The Hall–Kier alpha value is -1.32. The van der Waals surface area contributed by atoms with E-state index >= 15 is 0 Å². The van der Waals surface area contributed by atoms with E-state index in [0.29, 0.717) is 17.8 Å². The summed E-state index contributed by atoms with van der Waals surface area (Å²) >= 11 is 0. The van der Waals surface area contributed by atoms with Crippen LogP contribution in [0.2, 0.25) is 0 Å². The highest BCUT2D eigenvalue weighted by atomic mass is 16.5. The monoisotopic (exact) mass is 275 g/mol. The Morgan fingerprint density at radius 3 is 2.40 bits per heavy atom. The second-order valence-corrected chi connectivity index (χ2v) is 6.11. The lowest BCUT2D eigenvalue weighted by Gasteiger charge is -2.21. The van der Waals surface area contributed by atoms with E-state index in [2.05, 4.69) is 10.3 Å². The SMILES string of the molecule is COc1cc(NC2CCCC2)nc(C2CCCCC2)n1. The summed E-state index contributed by atoms with van der Waals surface area (Å²) in [7, 11) is 1.69. The first-order chi connectivity index (χ1) is 9.85. The maximum atomic E-state index is 5.36. The molecule has 2 aliphatic rings. The van der Waals surface area contributed by atoms with Crippen molar-refractivity contribution in [2.75, 3.05) is 12.4 Å².